The molecule has 1 rings (SSSR count). The zero-order valence-corrected chi connectivity index (χ0v) is 15.2. The molecule has 4 N–H and O–H groups in total. The first kappa shape index (κ1) is 20.3. The summed E-state index contributed by atoms with van der Waals surface area (Å²) in [4.78, 5) is 11.7. The summed E-state index contributed by atoms with van der Waals surface area (Å²) in [5.74, 6) is 0.704. The standard InChI is InChI=1S/C18H31N3O3/c1-5-6-9-19-18(23)21-15-7-8-17(14(4)10-15)24-12-16(22)11-20-13(2)3/h7-8,10,13,16,20,22H,5-6,9,11-12H2,1-4H3,(H2,19,21,23)/t16-/m0/s1. The quantitative estimate of drug-likeness (QED) is 0.495. The van der Waals surface area contributed by atoms with E-state index >= 15 is 0 Å². The topological polar surface area (TPSA) is 82.6 Å². The first-order valence-electron chi connectivity index (χ1n) is 8.62. The summed E-state index contributed by atoms with van der Waals surface area (Å²) >= 11 is 0. The number of aliphatic hydroxyl groups is 1. The van der Waals surface area contributed by atoms with Gasteiger partial charge in [-0.25, -0.2) is 4.79 Å². The van der Waals surface area contributed by atoms with Gasteiger partial charge in [0, 0.05) is 24.8 Å². The Morgan fingerprint density at radius 1 is 1.33 bits per heavy atom. The highest BCUT2D eigenvalue weighted by Gasteiger charge is 2.08. The smallest absolute Gasteiger partial charge is 0.319 e. The number of ether oxygens (including phenoxy) is 1. The van der Waals surface area contributed by atoms with E-state index in [1.807, 2.05) is 26.8 Å². The van der Waals surface area contributed by atoms with E-state index in [0.717, 1.165) is 24.1 Å². The monoisotopic (exact) mass is 337 g/mol. The number of unbranched alkanes of at least 4 members (excludes halogenated alkanes) is 1. The molecule has 0 bridgehead atoms. The van der Waals surface area contributed by atoms with E-state index in [4.69, 9.17) is 4.74 Å². The number of benzene rings is 1. The van der Waals surface area contributed by atoms with Crippen molar-refractivity contribution >= 4 is 11.7 Å². The Hall–Kier alpha value is -1.79. The van der Waals surface area contributed by atoms with Crippen LogP contribution in [0.4, 0.5) is 10.5 Å². The predicted molar refractivity (Wildman–Crippen MR) is 97.7 cm³/mol. The second kappa shape index (κ2) is 10.9. The molecule has 1 atom stereocenters. The van der Waals surface area contributed by atoms with Crippen LogP contribution in [-0.4, -0.2) is 43.0 Å². The third-order valence-electron chi connectivity index (χ3n) is 3.44. The molecule has 0 aromatic heterocycles. The van der Waals surface area contributed by atoms with Crippen molar-refractivity contribution in [2.45, 2.75) is 52.7 Å². The van der Waals surface area contributed by atoms with Crippen molar-refractivity contribution in [2.24, 2.45) is 0 Å². The Balaban J connectivity index is 2.45. The van der Waals surface area contributed by atoms with E-state index in [1.54, 1.807) is 12.1 Å². The first-order chi connectivity index (χ1) is 11.4. The fourth-order valence-electron chi connectivity index (χ4n) is 2.06. The number of anilines is 1. The van der Waals surface area contributed by atoms with Crippen molar-refractivity contribution in [3.63, 3.8) is 0 Å². The largest absolute Gasteiger partial charge is 0.491 e. The lowest BCUT2D eigenvalue weighted by molar-refractivity contribution is 0.104. The summed E-state index contributed by atoms with van der Waals surface area (Å²) in [7, 11) is 0. The minimum Gasteiger partial charge on any atom is -0.491 e. The van der Waals surface area contributed by atoms with Crippen LogP contribution in [0, 0.1) is 6.92 Å². The van der Waals surface area contributed by atoms with Gasteiger partial charge in [0.05, 0.1) is 0 Å². The number of carbonyl (C=O) groups excluding carboxylic acids is 1. The summed E-state index contributed by atoms with van der Waals surface area (Å²) in [5.41, 5.74) is 1.63. The summed E-state index contributed by atoms with van der Waals surface area (Å²) < 4.78 is 5.65. The fraction of sp³-hybridized carbons (Fsp3) is 0.611. The third kappa shape index (κ3) is 8.17. The molecular formula is C18H31N3O3. The molecule has 0 saturated carbocycles. The Morgan fingerprint density at radius 3 is 2.71 bits per heavy atom. The second-order valence-corrected chi connectivity index (χ2v) is 6.24. The van der Waals surface area contributed by atoms with Gasteiger partial charge in [-0.05, 0) is 37.1 Å². The fourth-order valence-corrected chi connectivity index (χ4v) is 2.06. The molecule has 1 aromatic rings. The Labute approximate surface area is 145 Å². The van der Waals surface area contributed by atoms with Gasteiger partial charge < -0.3 is 25.8 Å². The highest BCUT2D eigenvalue weighted by molar-refractivity contribution is 5.89. The van der Waals surface area contributed by atoms with Crippen LogP contribution in [0.15, 0.2) is 18.2 Å². The summed E-state index contributed by atoms with van der Waals surface area (Å²) in [6.07, 6.45) is 1.45. The number of amides is 2. The molecule has 0 aliphatic rings. The van der Waals surface area contributed by atoms with Crippen LogP contribution in [0.3, 0.4) is 0 Å². The molecule has 1 aromatic carbocycles. The second-order valence-electron chi connectivity index (χ2n) is 6.24. The zero-order valence-electron chi connectivity index (χ0n) is 15.2. The normalized spacial score (nSPS) is 12.1. The molecule has 6 nitrogen and oxygen atoms in total. The number of rotatable bonds is 10. The zero-order chi connectivity index (χ0) is 17.9. The molecule has 0 aliphatic carbocycles. The van der Waals surface area contributed by atoms with Crippen LogP contribution in [0.25, 0.3) is 0 Å². The third-order valence-corrected chi connectivity index (χ3v) is 3.44. The van der Waals surface area contributed by atoms with Crippen LogP contribution in [0.1, 0.15) is 39.2 Å². The summed E-state index contributed by atoms with van der Waals surface area (Å²) in [6, 6.07) is 5.58. The number of hydrogen-bond donors (Lipinski definition) is 4. The molecule has 0 fully saturated rings. The van der Waals surface area contributed by atoms with Crippen molar-refractivity contribution in [3.8, 4) is 5.75 Å². The van der Waals surface area contributed by atoms with E-state index in [0.29, 0.717) is 24.9 Å². The van der Waals surface area contributed by atoms with E-state index in [9.17, 15) is 9.90 Å². The van der Waals surface area contributed by atoms with E-state index in [2.05, 4.69) is 22.9 Å². The lowest BCUT2D eigenvalue weighted by Crippen LogP contribution is -2.35. The highest BCUT2D eigenvalue weighted by Crippen LogP contribution is 2.22. The van der Waals surface area contributed by atoms with Gasteiger partial charge in [-0.15, -0.1) is 0 Å². The van der Waals surface area contributed by atoms with Crippen molar-refractivity contribution < 1.29 is 14.6 Å². The Bertz CT molecular complexity index is 506. The molecule has 0 saturated heterocycles. The van der Waals surface area contributed by atoms with Crippen LogP contribution in [-0.2, 0) is 0 Å². The average Bonchev–Trinajstić information content (AvgIpc) is 2.52. The van der Waals surface area contributed by atoms with Gasteiger partial charge >= 0.3 is 6.03 Å². The maximum absolute atomic E-state index is 11.7. The van der Waals surface area contributed by atoms with Crippen molar-refractivity contribution in [1.29, 1.82) is 0 Å². The highest BCUT2D eigenvalue weighted by atomic mass is 16.5. The van der Waals surface area contributed by atoms with Gasteiger partial charge in [0.1, 0.15) is 18.5 Å². The molecule has 6 heteroatoms. The van der Waals surface area contributed by atoms with Gasteiger partial charge in [0.15, 0.2) is 0 Å². The molecule has 2 amide bonds. The molecular weight excluding hydrogens is 306 g/mol. The molecule has 24 heavy (non-hydrogen) atoms. The SMILES string of the molecule is CCCCNC(=O)Nc1ccc(OC[C@@H](O)CNC(C)C)c(C)c1. The molecule has 0 heterocycles. The first-order valence-corrected chi connectivity index (χ1v) is 8.62. The van der Waals surface area contributed by atoms with Crippen LogP contribution >= 0.6 is 0 Å². The number of hydrogen-bond acceptors (Lipinski definition) is 4. The van der Waals surface area contributed by atoms with E-state index in [-0.39, 0.29) is 12.6 Å². The van der Waals surface area contributed by atoms with Gasteiger partial charge in [-0.3, -0.25) is 0 Å². The molecule has 0 aliphatic heterocycles. The number of aliphatic hydroxyl groups excluding tert-OH is 1. The summed E-state index contributed by atoms with van der Waals surface area (Å²) in [6.45, 7) is 9.44. The van der Waals surface area contributed by atoms with Gasteiger partial charge in [-0.1, -0.05) is 27.2 Å². The average molecular weight is 337 g/mol. The van der Waals surface area contributed by atoms with E-state index in [1.165, 1.54) is 0 Å². The predicted octanol–water partition coefficient (Wildman–Crippen LogP) is 2.65. The van der Waals surface area contributed by atoms with Crippen molar-refractivity contribution in [1.82, 2.24) is 10.6 Å². The molecule has 0 radical (unpaired) electrons. The molecule has 0 spiro atoms. The lowest BCUT2D eigenvalue weighted by Gasteiger charge is -2.16. The van der Waals surface area contributed by atoms with Gasteiger partial charge in [-0.2, -0.15) is 0 Å². The molecule has 0 unspecified atom stereocenters. The maximum Gasteiger partial charge on any atom is 0.319 e. The Morgan fingerprint density at radius 2 is 2.08 bits per heavy atom. The number of carbonyl (C=O) groups is 1. The number of aryl methyl sites for hydroxylation is 1. The van der Waals surface area contributed by atoms with Crippen LogP contribution < -0.4 is 20.7 Å². The lowest BCUT2D eigenvalue weighted by atomic mass is 10.2. The number of nitrogens with one attached hydrogen (secondary N) is 3. The minimum absolute atomic E-state index is 0.202. The van der Waals surface area contributed by atoms with E-state index < -0.39 is 6.10 Å². The summed E-state index contributed by atoms with van der Waals surface area (Å²) in [5, 5.41) is 18.6. The van der Waals surface area contributed by atoms with Crippen molar-refractivity contribution in [2.75, 3.05) is 25.0 Å². The molecule has 136 valence electrons. The van der Waals surface area contributed by atoms with Gasteiger partial charge in [0.2, 0.25) is 0 Å². The minimum atomic E-state index is -0.561. The number of urea groups is 1. The van der Waals surface area contributed by atoms with Crippen molar-refractivity contribution in [3.05, 3.63) is 23.8 Å². The maximum atomic E-state index is 11.7. The van der Waals surface area contributed by atoms with Gasteiger partial charge in [0.25, 0.3) is 0 Å². The van der Waals surface area contributed by atoms with Crippen LogP contribution in [0.5, 0.6) is 5.75 Å². The Kier molecular flexibility index (Phi) is 9.19. The van der Waals surface area contributed by atoms with Crippen LogP contribution in [0.2, 0.25) is 0 Å².